The molecule has 0 bridgehead atoms. The van der Waals surface area contributed by atoms with Gasteiger partial charge in [-0.2, -0.15) is 0 Å². The number of hydrogen-bond acceptors (Lipinski definition) is 3. The fourth-order valence-corrected chi connectivity index (χ4v) is 1.05. The van der Waals surface area contributed by atoms with Crippen molar-refractivity contribution in [2.45, 2.75) is 0 Å². The van der Waals surface area contributed by atoms with E-state index in [0.29, 0.717) is 0 Å². The Morgan fingerprint density at radius 3 is 1.85 bits per heavy atom. The maximum atomic E-state index is 10.7. The van der Waals surface area contributed by atoms with Crippen LogP contribution in [0, 0.1) is 0 Å². The monoisotopic (exact) mass is 182 g/mol. The van der Waals surface area contributed by atoms with Gasteiger partial charge in [-0.1, -0.05) is 30.3 Å². The van der Waals surface area contributed by atoms with Gasteiger partial charge in [0.15, 0.2) is 0 Å². The minimum Gasteiger partial charge on any atom is -0.792 e. The molecule has 1 rings (SSSR count). The topological polar surface area (TPSA) is 69.2 Å². The van der Waals surface area contributed by atoms with Crippen molar-refractivity contribution in [3.63, 3.8) is 0 Å². The van der Waals surface area contributed by atoms with Gasteiger partial charge < -0.3 is 14.9 Å². The molecule has 6 heteroatoms. The van der Waals surface area contributed by atoms with Crippen LogP contribution in [0.25, 0.3) is 0 Å². The third-order valence-corrected chi connectivity index (χ3v) is 1.78. The average Bonchev–Trinajstić information content (AvgIpc) is 2.05. The smallest absolute Gasteiger partial charge is 0.792 e. The van der Waals surface area contributed by atoms with Crippen LogP contribution in [0.4, 0.5) is 0 Å². The van der Waals surface area contributed by atoms with E-state index in [-0.39, 0.29) is 43.3 Å². The van der Waals surface area contributed by atoms with Crippen molar-refractivity contribution in [1.82, 2.24) is 0 Å². The van der Waals surface area contributed by atoms with E-state index < -0.39 is 13.5 Å². The molecular weight excluding hydrogens is 177 g/mol. The zero-order valence-corrected chi connectivity index (χ0v) is 8.45. The van der Waals surface area contributed by atoms with Gasteiger partial charge in [-0.3, -0.25) is 0 Å². The Labute approximate surface area is 102 Å². The molecule has 0 saturated heterocycles. The molecule has 0 fully saturated rings. The predicted molar refractivity (Wildman–Crippen MR) is 37.5 cm³/mol. The average molecular weight is 182 g/mol. The Bertz CT molecular complexity index is 272. The van der Waals surface area contributed by atoms with E-state index in [4.69, 9.17) is 0 Å². The first-order chi connectivity index (χ1) is 5.22. The summed E-state index contributed by atoms with van der Waals surface area (Å²) in [6.45, 7) is 0. The second kappa shape index (κ2) is 7.83. The van der Waals surface area contributed by atoms with E-state index in [1.165, 1.54) is 12.1 Å². The van der Waals surface area contributed by atoms with Gasteiger partial charge in [0, 0.05) is 11.0 Å². The second-order valence-electron chi connectivity index (χ2n) is 1.93. The summed E-state index contributed by atoms with van der Waals surface area (Å²) < 4.78 is 0. The van der Waals surface area contributed by atoms with E-state index in [0.717, 1.165) is 0 Å². The van der Waals surface area contributed by atoms with Crippen LogP contribution in [-0.4, -0.2) is 5.48 Å². The minimum absolute atomic E-state index is 0. The molecule has 0 aromatic heterocycles. The maximum Gasteiger partial charge on any atom is 1.00 e. The van der Waals surface area contributed by atoms with E-state index >= 15 is 0 Å². The Hall–Kier alpha value is 0.465. The van der Waals surface area contributed by atoms with Gasteiger partial charge in [0.25, 0.3) is 0 Å². The Morgan fingerprint density at radius 1 is 1.00 bits per heavy atom. The molecule has 0 aliphatic rings. The largest absolute Gasteiger partial charge is 1.00 e. The summed E-state index contributed by atoms with van der Waals surface area (Å²) in [6.07, 6.45) is 0. The van der Waals surface area contributed by atoms with Crippen molar-refractivity contribution in [2.75, 3.05) is 0 Å². The van der Waals surface area contributed by atoms with Crippen LogP contribution in [-0.2, 0) is 0 Å². The predicted octanol–water partition coefficient (Wildman–Crippen LogP) is -7.43. The van der Waals surface area contributed by atoms with Crippen LogP contribution in [0.3, 0.4) is 0 Å². The van der Waals surface area contributed by atoms with E-state index in [2.05, 4.69) is 0 Å². The second-order valence-corrected chi connectivity index (χ2v) is 2.85. The van der Waals surface area contributed by atoms with Gasteiger partial charge >= 0.3 is 37.7 Å². The summed E-state index contributed by atoms with van der Waals surface area (Å²) in [4.78, 5) is 20.4. The van der Waals surface area contributed by atoms with Crippen molar-refractivity contribution in [1.29, 1.82) is 0 Å². The molecule has 0 heterocycles. The Kier molecular flexibility index (Phi) is 9.59. The molecule has 0 spiro atoms. The first kappa shape index (κ1) is 15.9. The molecule has 1 aromatic carbocycles. The molecule has 58 valence electrons. The van der Waals surface area contributed by atoms with Gasteiger partial charge in [0.05, 0.1) is 0 Å². The van der Waals surface area contributed by atoms with E-state index in [1.54, 1.807) is 18.2 Å². The standard InChI is InChI=1S/C7H7O3P.2Li/c8-7(11(9)10)6-4-2-1-3-5-6;;/h1-5,8H,(H,9,10);;/q;2*+1/p-2. The van der Waals surface area contributed by atoms with Crippen LogP contribution < -0.4 is 52.6 Å². The number of benzene rings is 1. The maximum absolute atomic E-state index is 10.7. The molecule has 0 N–H and O–H groups in total. The molecule has 0 amide bonds. The van der Waals surface area contributed by atoms with Gasteiger partial charge in [0.2, 0.25) is 0 Å². The fourth-order valence-electron chi connectivity index (χ4n) is 0.686. The van der Waals surface area contributed by atoms with Gasteiger partial charge in [-0.15, -0.1) is 0 Å². The zero-order chi connectivity index (χ0) is 8.27. The molecule has 0 saturated carbocycles. The summed E-state index contributed by atoms with van der Waals surface area (Å²) >= 11 is 0. The van der Waals surface area contributed by atoms with Crippen LogP contribution >= 0.6 is 8.00 Å². The SMILES string of the molecule is [Li+].[Li+].[O-]C(c1ccccc1)=[P+]([O-])[O-]. The third kappa shape index (κ3) is 5.04. The van der Waals surface area contributed by atoms with Crippen LogP contribution in [0.5, 0.6) is 0 Å². The zero-order valence-electron chi connectivity index (χ0n) is 7.56. The normalized spacial score (nSPS) is 7.92. The van der Waals surface area contributed by atoms with Crippen molar-refractivity contribution in [3.05, 3.63) is 35.9 Å². The van der Waals surface area contributed by atoms with Crippen LogP contribution in [0.2, 0.25) is 0 Å². The van der Waals surface area contributed by atoms with Crippen LogP contribution in [0.15, 0.2) is 30.3 Å². The summed E-state index contributed by atoms with van der Waals surface area (Å²) in [5.41, 5.74) is -0.621. The van der Waals surface area contributed by atoms with Crippen molar-refractivity contribution < 1.29 is 52.6 Å². The molecule has 0 aliphatic heterocycles. The summed E-state index contributed by atoms with van der Waals surface area (Å²) in [5.74, 6) is 0. The van der Waals surface area contributed by atoms with E-state index in [1.807, 2.05) is 0 Å². The van der Waals surface area contributed by atoms with Gasteiger partial charge in [0.1, 0.15) is 0 Å². The van der Waals surface area contributed by atoms with Crippen molar-refractivity contribution >= 4 is 13.5 Å². The summed E-state index contributed by atoms with van der Waals surface area (Å²) in [5, 5.41) is 10.7. The number of rotatable bonds is 1. The first-order valence-corrected chi connectivity index (χ1v) is 4.13. The summed E-state index contributed by atoms with van der Waals surface area (Å²) in [7, 11) is -2.98. The van der Waals surface area contributed by atoms with E-state index in [9.17, 15) is 14.9 Å². The minimum atomic E-state index is -2.98. The number of hydrogen-bond donors (Lipinski definition) is 0. The first-order valence-electron chi connectivity index (χ1n) is 2.95. The Morgan fingerprint density at radius 2 is 1.46 bits per heavy atom. The molecule has 13 heavy (non-hydrogen) atoms. The molecular formula is C7H5Li2O3P. The molecule has 1 aromatic rings. The quantitative estimate of drug-likeness (QED) is 0.320. The fraction of sp³-hybridized carbons (Fsp3) is 0. The van der Waals surface area contributed by atoms with Gasteiger partial charge in [-0.05, 0) is 8.00 Å². The van der Waals surface area contributed by atoms with Crippen molar-refractivity contribution in [2.24, 2.45) is 0 Å². The molecule has 0 unspecified atom stereocenters. The third-order valence-electron chi connectivity index (χ3n) is 1.19. The molecule has 0 atom stereocenters. The molecule has 0 radical (unpaired) electrons. The Balaban J connectivity index is 0. The summed E-state index contributed by atoms with van der Waals surface area (Å²) in [6, 6.07) is 7.88. The molecule has 3 nitrogen and oxygen atoms in total. The molecule has 0 aliphatic carbocycles. The van der Waals surface area contributed by atoms with Crippen molar-refractivity contribution in [3.8, 4) is 0 Å². The van der Waals surface area contributed by atoms with Crippen LogP contribution in [0.1, 0.15) is 5.56 Å². The van der Waals surface area contributed by atoms with Gasteiger partial charge in [-0.25, -0.2) is 0 Å².